The van der Waals surface area contributed by atoms with E-state index < -0.39 is 15.1 Å². The highest BCUT2D eigenvalue weighted by Crippen LogP contribution is 2.27. The second-order valence-electron chi connectivity index (χ2n) is 3.57. The van der Waals surface area contributed by atoms with E-state index in [2.05, 4.69) is 15.0 Å². The smallest absolute Gasteiger partial charge is 0.223 e. The van der Waals surface area contributed by atoms with E-state index >= 15 is 0 Å². The number of sulfone groups is 1. The Labute approximate surface area is 108 Å². The summed E-state index contributed by atoms with van der Waals surface area (Å²) in [5.41, 5.74) is 0.460. The van der Waals surface area contributed by atoms with E-state index in [0.717, 1.165) is 11.3 Å². The van der Waals surface area contributed by atoms with Gasteiger partial charge < -0.3 is 0 Å². The first kappa shape index (κ1) is 12.7. The van der Waals surface area contributed by atoms with E-state index in [0.29, 0.717) is 16.8 Å². The minimum atomic E-state index is -3.37. The predicted molar refractivity (Wildman–Crippen MR) is 67.2 cm³/mol. The number of thiazole rings is 1. The molecule has 0 radical (unpaired) electrons. The Morgan fingerprint density at radius 1 is 1.47 bits per heavy atom. The van der Waals surface area contributed by atoms with Crippen LogP contribution < -0.4 is 0 Å². The largest absolute Gasteiger partial charge is 0.224 e. The third kappa shape index (κ3) is 2.27. The maximum Gasteiger partial charge on any atom is 0.223 e. The fourth-order valence-electron chi connectivity index (χ4n) is 1.21. The lowest BCUT2D eigenvalue weighted by molar-refractivity contribution is 0.580. The van der Waals surface area contributed by atoms with Gasteiger partial charge in [0.1, 0.15) is 10.3 Å². The van der Waals surface area contributed by atoms with Crippen LogP contribution in [0.1, 0.15) is 20.3 Å². The van der Waals surface area contributed by atoms with Gasteiger partial charge in [-0.3, -0.25) is 0 Å². The molecular weight excluding hydrogens is 282 g/mol. The molecule has 92 valence electrons. The van der Waals surface area contributed by atoms with Gasteiger partial charge in [0.2, 0.25) is 19.5 Å². The summed E-state index contributed by atoms with van der Waals surface area (Å²) in [6.45, 7) is 3.49. The van der Waals surface area contributed by atoms with Gasteiger partial charge in [-0.25, -0.2) is 23.4 Å². The summed E-state index contributed by atoms with van der Waals surface area (Å²) in [4.78, 5) is 12.2. The van der Waals surface area contributed by atoms with Crippen LogP contribution in [0.3, 0.4) is 0 Å². The molecule has 0 aliphatic heterocycles. The van der Waals surface area contributed by atoms with E-state index in [1.54, 1.807) is 6.92 Å². The zero-order valence-electron chi connectivity index (χ0n) is 9.21. The van der Waals surface area contributed by atoms with Crippen molar-refractivity contribution in [2.45, 2.75) is 29.9 Å². The van der Waals surface area contributed by atoms with Gasteiger partial charge in [0, 0.05) is 0 Å². The van der Waals surface area contributed by atoms with Gasteiger partial charge >= 0.3 is 0 Å². The number of halogens is 1. The van der Waals surface area contributed by atoms with E-state index in [4.69, 9.17) is 11.6 Å². The fourth-order valence-corrected chi connectivity index (χ4v) is 4.24. The van der Waals surface area contributed by atoms with Crippen molar-refractivity contribution < 1.29 is 8.42 Å². The van der Waals surface area contributed by atoms with Gasteiger partial charge in [-0.1, -0.05) is 18.3 Å². The molecule has 0 saturated carbocycles. The van der Waals surface area contributed by atoms with Crippen LogP contribution in [0.5, 0.6) is 0 Å². The highest BCUT2D eigenvalue weighted by molar-refractivity contribution is 7.94. The molecule has 1 atom stereocenters. The molecule has 0 aliphatic carbocycles. The third-order valence-corrected chi connectivity index (χ3v) is 6.31. The molecule has 0 fully saturated rings. The molecule has 0 spiro atoms. The van der Waals surface area contributed by atoms with Gasteiger partial charge in [-0.15, -0.1) is 0 Å². The second kappa shape index (κ2) is 4.47. The van der Waals surface area contributed by atoms with Crippen molar-refractivity contribution in [3.63, 3.8) is 0 Å². The molecule has 0 amide bonds. The molecule has 2 heterocycles. The first-order valence-corrected chi connectivity index (χ1v) is 7.72. The SMILES string of the molecule is CCC(C)S(=O)(=O)c1nc2cnc(Cl)nc2s1. The molecule has 0 N–H and O–H groups in total. The molecule has 0 bridgehead atoms. The van der Waals surface area contributed by atoms with Gasteiger partial charge in [0.05, 0.1) is 11.4 Å². The summed E-state index contributed by atoms with van der Waals surface area (Å²) >= 11 is 6.67. The summed E-state index contributed by atoms with van der Waals surface area (Å²) < 4.78 is 24.3. The van der Waals surface area contributed by atoms with Crippen molar-refractivity contribution >= 4 is 43.1 Å². The van der Waals surface area contributed by atoms with Crippen LogP contribution in [0.25, 0.3) is 10.3 Å². The Hall–Kier alpha value is -0.790. The maximum absolute atomic E-state index is 12.1. The lowest BCUT2D eigenvalue weighted by Crippen LogP contribution is -2.16. The molecule has 2 rings (SSSR count). The second-order valence-corrected chi connectivity index (χ2v) is 7.43. The zero-order valence-corrected chi connectivity index (χ0v) is 11.6. The minimum absolute atomic E-state index is 0.0819. The Balaban J connectivity index is 2.57. The Bertz CT molecular complexity index is 653. The van der Waals surface area contributed by atoms with Crippen molar-refractivity contribution in [3.8, 4) is 0 Å². The quantitative estimate of drug-likeness (QED) is 0.811. The number of hydrogen-bond donors (Lipinski definition) is 0. The van der Waals surface area contributed by atoms with Crippen LogP contribution in [0.15, 0.2) is 10.5 Å². The monoisotopic (exact) mass is 291 g/mol. The zero-order chi connectivity index (χ0) is 12.6. The van der Waals surface area contributed by atoms with Crippen LogP contribution in [-0.2, 0) is 9.84 Å². The number of aromatic nitrogens is 3. The van der Waals surface area contributed by atoms with E-state index in [1.807, 2.05) is 6.92 Å². The first-order valence-electron chi connectivity index (χ1n) is 4.98. The van der Waals surface area contributed by atoms with Gasteiger partial charge in [0.15, 0.2) is 0 Å². The molecule has 2 aromatic heterocycles. The summed E-state index contributed by atoms with van der Waals surface area (Å²) in [7, 11) is -3.37. The molecule has 1 unspecified atom stereocenters. The lowest BCUT2D eigenvalue weighted by atomic mass is 10.4. The molecule has 2 aromatic rings. The Morgan fingerprint density at radius 3 is 2.82 bits per heavy atom. The highest BCUT2D eigenvalue weighted by Gasteiger charge is 2.26. The molecule has 0 aliphatic rings. The number of nitrogens with zero attached hydrogens (tertiary/aromatic N) is 3. The standard InChI is InChI=1S/C9H10ClN3O2S2/c1-3-5(2)17(14,15)9-12-6-4-11-8(10)13-7(6)16-9/h4-5H,3H2,1-2H3. The van der Waals surface area contributed by atoms with Crippen LogP contribution >= 0.6 is 22.9 Å². The topological polar surface area (TPSA) is 72.8 Å². The first-order chi connectivity index (χ1) is 7.95. The fraction of sp³-hybridized carbons (Fsp3) is 0.444. The molecule has 8 heteroatoms. The van der Waals surface area contributed by atoms with Gasteiger partial charge in [-0.05, 0) is 24.9 Å². The third-order valence-electron chi connectivity index (χ3n) is 2.45. The molecule has 0 saturated heterocycles. The van der Waals surface area contributed by atoms with Crippen molar-refractivity contribution in [2.75, 3.05) is 0 Å². The van der Waals surface area contributed by atoms with Crippen LogP contribution in [-0.4, -0.2) is 28.6 Å². The minimum Gasteiger partial charge on any atom is -0.224 e. The van der Waals surface area contributed by atoms with Crippen molar-refractivity contribution in [1.82, 2.24) is 15.0 Å². The number of hydrogen-bond acceptors (Lipinski definition) is 6. The van der Waals surface area contributed by atoms with Gasteiger partial charge in [0.25, 0.3) is 0 Å². The summed E-state index contributed by atoms with van der Waals surface area (Å²) in [6.07, 6.45) is 1.97. The van der Waals surface area contributed by atoms with E-state index in [1.165, 1.54) is 6.20 Å². The average molecular weight is 292 g/mol. The van der Waals surface area contributed by atoms with Crippen LogP contribution in [0.4, 0.5) is 0 Å². The van der Waals surface area contributed by atoms with Crippen molar-refractivity contribution in [3.05, 3.63) is 11.5 Å². The predicted octanol–water partition coefficient (Wildman–Crippen LogP) is 2.31. The van der Waals surface area contributed by atoms with Crippen LogP contribution in [0.2, 0.25) is 5.28 Å². The van der Waals surface area contributed by atoms with Crippen molar-refractivity contribution in [2.24, 2.45) is 0 Å². The summed E-state index contributed by atoms with van der Waals surface area (Å²) in [5.74, 6) is 0. The lowest BCUT2D eigenvalue weighted by Gasteiger charge is -2.06. The Kier molecular flexibility index (Phi) is 3.33. The highest BCUT2D eigenvalue weighted by atomic mass is 35.5. The Morgan fingerprint density at radius 2 is 2.18 bits per heavy atom. The van der Waals surface area contributed by atoms with Gasteiger partial charge in [-0.2, -0.15) is 0 Å². The van der Waals surface area contributed by atoms with E-state index in [-0.39, 0.29) is 9.62 Å². The average Bonchev–Trinajstić information content (AvgIpc) is 2.71. The number of rotatable bonds is 3. The molecular formula is C9H10ClN3O2S2. The maximum atomic E-state index is 12.1. The van der Waals surface area contributed by atoms with Crippen LogP contribution in [0, 0.1) is 0 Å². The summed E-state index contributed by atoms with van der Waals surface area (Å²) in [5, 5.41) is -0.361. The summed E-state index contributed by atoms with van der Waals surface area (Å²) in [6, 6.07) is 0. The normalized spacial score (nSPS) is 14.1. The van der Waals surface area contributed by atoms with Crippen molar-refractivity contribution in [1.29, 1.82) is 0 Å². The molecule has 5 nitrogen and oxygen atoms in total. The van der Waals surface area contributed by atoms with E-state index in [9.17, 15) is 8.42 Å². The molecule has 17 heavy (non-hydrogen) atoms. The molecule has 0 aromatic carbocycles. The number of fused-ring (bicyclic) bond motifs is 1.